The van der Waals surface area contributed by atoms with Crippen LogP contribution in [0.25, 0.3) is 0 Å². The molecule has 0 atom stereocenters. The van der Waals surface area contributed by atoms with Crippen molar-refractivity contribution in [1.29, 1.82) is 0 Å². The molecule has 0 aliphatic heterocycles. The van der Waals surface area contributed by atoms with Gasteiger partial charge in [0.25, 0.3) is 0 Å². The Morgan fingerprint density at radius 1 is 1.11 bits per heavy atom. The third kappa shape index (κ3) is 4.00. The Bertz CT molecular complexity index is 540. The molecule has 19 heavy (non-hydrogen) atoms. The number of benzene rings is 2. The minimum absolute atomic E-state index is 0.138. The van der Waals surface area contributed by atoms with E-state index in [9.17, 15) is 4.79 Å². The highest BCUT2D eigenvalue weighted by Crippen LogP contribution is 2.12. The Morgan fingerprint density at radius 3 is 2.37 bits per heavy atom. The molecular weight excluding hydrogens is 260 g/mol. The predicted octanol–water partition coefficient (Wildman–Crippen LogP) is 4.00. The highest BCUT2D eigenvalue weighted by molar-refractivity contribution is 6.30. The molecular formula is C15H15ClN2O. The number of amides is 2. The van der Waals surface area contributed by atoms with Gasteiger partial charge < -0.3 is 10.2 Å². The first kappa shape index (κ1) is 13.4. The van der Waals surface area contributed by atoms with E-state index in [0.717, 1.165) is 11.3 Å². The van der Waals surface area contributed by atoms with Gasteiger partial charge in [-0.15, -0.1) is 0 Å². The van der Waals surface area contributed by atoms with Crippen LogP contribution < -0.4 is 5.32 Å². The molecule has 98 valence electrons. The Balaban J connectivity index is 1.94. The van der Waals surface area contributed by atoms with Crippen LogP contribution in [0, 0.1) is 0 Å². The molecule has 0 heterocycles. The lowest BCUT2D eigenvalue weighted by Gasteiger charge is -2.18. The van der Waals surface area contributed by atoms with E-state index in [-0.39, 0.29) is 6.03 Å². The summed E-state index contributed by atoms with van der Waals surface area (Å²) in [4.78, 5) is 13.6. The van der Waals surface area contributed by atoms with Crippen molar-refractivity contribution in [1.82, 2.24) is 4.90 Å². The lowest BCUT2D eigenvalue weighted by Crippen LogP contribution is -2.30. The van der Waals surface area contributed by atoms with Gasteiger partial charge in [-0.2, -0.15) is 0 Å². The lowest BCUT2D eigenvalue weighted by molar-refractivity contribution is 0.220. The van der Waals surface area contributed by atoms with Crippen molar-refractivity contribution in [2.24, 2.45) is 0 Å². The monoisotopic (exact) mass is 274 g/mol. The summed E-state index contributed by atoms with van der Waals surface area (Å²) in [6.45, 7) is 0.538. The van der Waals surface area contributed by atoms with Crippen LogP contribution in [0.1, 0.15) is 5.56 Å². The number of nitrogens with one attached hydrogen (secondary N) is 1. The van der Waals surface area contributed by atoms with Gasteiger partial charge in [0.2, 0.25) is 0 Å². The number of hydrogen-bond donors (Lipinski definition) is 1. The second kappa shape index (κ2) is 6.25. The van der Waals surface area contributed by atoms with E-state index in [0.29, 0.717) is 11.6 Å². The number of hydrogen-bond acceptors (Lipinski definition) is 1. The fourth-order valence-corrected chi connectivity index (χ4v) is 1.80. The van der Waals surface area contributed by atoms with Crippen LogP contribution in [-0.2, 0) is 6.54 Å². The summed E-state index contributed by atoms with van der Waals surface area (Å²) in [7, 11) is 1.76. The van der Waals surface area contributed by atoms with Gasteiger partial charge in [0, 0.05) is 24.3 Å². The van der Waals surface area contributed by atoms with Gasteiger partial charge >= 0.3 is 6.03 Å². The van der Waals surface area contributed by atoms with E-state index < -0.39 is 0 Å². The van der Waals surface area contributed by atoms with Crippen LogP contribution in [0.2, 0.25) is 5.02 Å². The number of carbonyl (C=O) groups excluding carboxylic acids is 1. The zero-order chi connectivity index (χ0) is 13.7. The van der Waals surface area contributed by atoms with Crippen molar-refractivity contribution < 1.29 is 4.79 Å². The summed E-state index contributed by atoms with van der Waals surface area (Å²) in [6, 6.07) is 16.7. The minimum Gasteiger partial charge on any atom is -0.323 e. The molecule has 0 saturated carbocycles. The van der Waals surface area contributed by atoms with E-state index in [4.69, 9.17) is 11.6 Å². The second-order valence-electron chi connectivity index (χ2n) is 4.28. The van der Waals surface area contributed by atoms with Gasteiger partial charge in [0.05, 0.1) is 0 Å². The first-order valence-electron chi connectivity index (χ1n) is 5.97. The van der Waals surface area contributed by atoms with Gasteiger partial charge in [0.15, 0.2) is 0 Å². The Hall–Kier alpha value is -2.00. The largest absolute Gasteiger partial charge is 0.323 e. The molecule has 0 aliphatic rings. The molecule has 2 rings (SSSR count). The van der Waals surface area contributed by atoms with Crippen molar-refractivity contribution >= 4 is 23.3 Å². The Kier molecular flexibility index (Phi) is 4.42. The number of halogens is 1. The molecule has 0 radical (unpaired) electrons. The zero-order valence-corrected chi connectivity index (χ0v) is 11.4. The maximum absolute atomic E-state index is 12.0. The number of anilines is 1. The van der Waals surface area contributed by atoms with E-state index in [2.05, 4.69) is 5.32 Å². The molecule has 1 N–H and O–H groups in total. The number of para-hydroxylation sites is 1. The number of carbonyl (C=O) groups is 1. The summed E-state index contributed by atoms with van der Waals surface area (Å²) in [5.41, 5.74) is 1.82. The van der Waals surface area contributed by atoms with Gasteiger partial charge in [-0.3, -0.25) is 0 Å². The molecule has 0 spiro atoms. The first-order valence-corrected chi connectivity index (χ1v) is 6.34. The average molecular weight is 275 g/mol. The molecule has 0 saturated heterocycles. The van der Waals surface area contributed by atoms with Gasteiger partial charge in [-0.05, 0) is 29.8 Å². The fraction of sp³-hybridized carbons (Fsp3) is 0.133. The molecule has 0 aliphatic carbocycles. The first-order chi connectivity index (χ1) is 9.15. The molecule has 3 nitrogen and oxygen atoms in total. The summed E-state index contributed by atoms with van der Waals surface area (Å²) in [5.74, 6) is 0. The average Bonchev–Trinajstić information content (AvgIpc) is 2.42. The molecule has 0 bridgehead atoms. The summed E-state index contributed by atoms with van der Waals surface area (Å²) < 4.78 is 0. The van der Waals surface area contributed by atoms with Crippen molar-refractivity contribution in [2.75, 3.05) is 12.4 Å². The van der Waals surface area contributed by atoms with E-state index in [1.54, 1.807) is 11.9 Å². The van der Waals surface area contributed by atoms with Crippen molar-refractivity contribution in [3.05, 3.63) is 65.2 Å². The van der Waals surface area contributed by atoms with Gasteiger partial charge in [-0.1, -0.05) is 41.9 Å². The van der Waals surface area contributed by atoms with E-state index in [1.807, 2.05) is 54.6 Å². The van der Waals surface area contributed by atoms with Crippen LogP contribution >= 0.6 is 11.6 Å². The fourth-order valence-electron chi connectivity index (χ4n) is 1.68. The maximum atomic E-state index is 12.0. The van der Waals surface area contributed by atoms with Crippen LogP contribution in [0.5, 0.6) is 0 Å². The van der Waals surface area contributed by atoms with E-state index in [1.165, 1.54) is 0 Å². The number of nitrogens with zero attached hydrogens (tertiary/aromatic N) is 1. The Morgan fingerprint density at radius 2 is 1.74 bits per heavy atom. The van der Waals surface area contributed by atoms with Crippen LogP contribution in [0.4, 0.5) is 10.5 Å². The zero-order valence-electron chi connectivity index (χ0n) is 10.6. The third-order valence-corrected chi connectivity index (χ3v) is 2.96. The second-order valence-corrected chi connectivity index (χ2v) is 4.72. The standard InChI is InChI=1S/C15H15ClN2O/c1-18(11-12-7-9-13(16)10-8-12)15(19)17-14-5-3-2-4-6-14/h2-10H,11H2,1H3,(H,17,19). The van der Waals surface area contributed by atoms with E-state index >= 15 is 0 Å². The maximum Gasteiger partial charge on any atom is 0.321 e. The predicted molar refractivity (Wildman–Crippen MR) is 78.4 cm³/mol. The summed E-state index contributed by atoms with van der Waals surface area (Å²) in [5, 5.41) is 3.53. The quantitative estimate of drug-likeness (QED) is 0.901. The van der Waals surface area contributed by atoms with Gasteiger partial charge in [-0.25, -0.2) is 4.79 Å². The smallest absolute Gasteiger partial charge is 0.321 e. The lowest BCUT2D eigenvalue weighted by atomic mass is 10.2. The van der Waals surface area contributed by atoms with Crippen molar-refractivity contribution in [3.8, 4) is 0 Å². The van der Waals surface area contributed by atoms with Crippen molar-refractivity contribution in [3.63, 3.8) is 0 Å². The molecule has 2 aromatic rings. The SMILES string of the molecule is CN(Cc1ccc(Cl)cc1)C(=O)Nc1ccccc1. The summed E-state index contributed by atoms with van der Waals surface area (Å²) >= 11 is 5.83. The minimum atomic E-state index is -0.138. The summed E-state index contributed by atoms with van der Waals surface area (Å²) in [6.07, 6.45) is 0. The molecule has 0 unspecified atom stereocenters. The van der Waals surface area contributed by atoms with Crippen LogP contribution in [-0.4, -0.2) is 18.0 Å². The molecule has 0 fully saturated rings. The topological polar surface area (TPSA) is 32.3 Å². The normalized spacial score (nSPS) is 10.0. The van der Waals surface area contributed by atoms with Crippen molar-refractivity contribution in [2.45, 2.75) is 6.54 Å². The molecule has 2 aromatic carbocycles. The molecule has 0 aromatic heterocycles. The molecule has 4 heteroatoms. The van der Waals surface area contributed by atoms with Crippen LogP contribution in [0.3, 0.4) is 0 Å². The number of urea groups is 1. The highest BCUT2D eigenvalue weighted by Gasteiger charge is 2.08. The third-order valence-electron chi connectivity index (χ3n) is 2.70. The number of rotatable bonds is 3. The van der Waals surface area contributed by atoms with Crippen LogP contribution in [0.15, 0.2) is 54.6 Å². The molecule has 2 amide bonds. The highest BCUT2D eigenvalue weighted by atomic mass is 35.5. The van der Waals surface area contributed by atoms with Gasteiger partial charge in [0.1, 0.15) is 0 Å². The Labute approximate surface area is 117 Å².